The van der Waals surface area contributed by atoms with E-state index in [9.17, 15) is 9.18 Å². The topological polar surface area (TPSA) is 50.4 Å². The summed E-state index contributed by atoms with van der Waals surface area (Å²) in [5.41, 5.74) is 0.416. The Kier molecular flexibility index (Phi) is 5.30. The number of hydrogen-bond donors (Lipinski definition) is 2. The zero-order valence-corrected chi connectivity index (χ0v) is 12.0. The molecule has 0 bridgehead atoms. The van der Waals surface area contributed by atoms with Gasteiger partial charge in [-0.1, -0.05) is 0 Å². The molecule has 104 valence electrons. The fraction of sp³-hybridized carbons (Fsp3) is 0.462. The van der Waals surface area contributed by atoms with Gasteiger partial charge < -0.3 is 15.4 Å². The van der Waals surface area contributed by atoms with E-state index in [1.54, 1.807) is 6.07 Å². The summed E-state index contributed by atoms with van der Waals surface area (Å²) in [5, 5.41) is 5.85. The second-order valence-electron chi connectivity index (χ2n) is 4.43. The normalized spacial score (nSPS) is 16.3. The lowest BCUT2D eigenvalue weighted by atomic mass is 10.1. The molecule has 2 N–H and O–H groups in total. The van der Waals surface area contributed by atoms with E-state index in [1.807, 2.05) is 0 Å². The summed E-state index contributed by atoms with van der Waals surface area (Å²) in [5.74, 6) is -0.664. The molecule has 0 spiro atoms. The Morgan fingerprint density at radius 1 is 1.47 bits per heavy atom. The summed E-state index contributed by atoms with van der Waals surface area (Å²) in [7, 11) is 0. The minimum absolute atomic E-state index is 0.00633. The van der Waals surface area contributed by atoms with Gasteiger partial charge in [0.05, 0.1) is 11.8 Å². The Morgan fingerprint density at radius 3 is 2.95 bits per heavy atom. The number of rotatable bonds is 4. The largest absolute Gasteiger partial charge is 0.368 e. The number of piperidine rings is 1. The molecule has 1 fully saturated rings. The first-order valence-electron chi connectivity index (χ1n) is 6.22. The molecular formula is C13H16BrFN2O2. The summed E-state index contributed by atoms with van der Waals surface area (Å²) in [6.45, 7) is 1.83. The molecule has 6 heteroatoms. The highest BCUT2D eigenvalue weighted by molar-refractivity contribution is 9.10. The Labute approximate surface area is 119 Å². The summed E-state index contributed by atoms with van der Waals surface area (Å²) < 4.78 is 19.2. The van der Waals surface area contributed by atoms with E-state index in [1.165, 1.54) is 12.1 Å². The Balaban J connectivity index is 1.81. The molecule has 0 aliphatic carbocycles. The third kappa shape index (κ3) is 4.56. The molecule has 4 nitrogen and oxygen atoms in total. The molecule has 0 unspecified atom stereocenters. The van der Waals surface area contributed by atoms with Crippen molar-refractivity contribution >= 4 is 27.5 Å². The van der Waals surface area contributed by atoms with Crippen LogP contribution < -0.4 is 10.6 Å². The molecular weight excluding hydrogens is 315 g/mol. The van der Waals surface area contributed by atoms with Gasteiger partial charge in [0, 0.05) is 4.47 Å². The lowest BCUT2D eigenvalue weighted by Gasteiger charge is -2.22. The number of nitrogens with one attached hydrogen (secondary N) is 2. The van der Waals surface area contributed by atoms with Crippen molar-refractivity contribution in [2.24, 2.45) is 0 Å². The molecule has 1 saturated heterocycles. The number of carbonyl (C=O) groups is 1. The third-order valence-corrected chi connectivity index (χ3v) is 3.63. The van der Waals surface area contributed by atoms with Crippen LogP contribution >= 0.6 is 15.9 Å². The molecule has 2 rings (SSSR count). The molecule has 1 aliphatic rings. The van der Waals surface area contributed by atoms with Crippen molar-refractivity contribution in [2.45, 2.75) is 18.9 Å². The van der Waals surface area contributed by atoms with Crippen molar-refractivity contribution in [3.05, 3.63) is 28.5 Å². The molecule has 1 aliphatic heterocycles. The van der Waals surface area contributed by atoms with Crippen LogP contribution in [0.4, 0.5) is 10.1 Å². The Hall–Kier alpha value is -0.980. The van der Waals surface area contributed by atoms with Gasteiger partial charge in [0.1, 0.15) is 12.4 Å². The second kappa shape index (κ2) is 6.98. The van der Waals surface area contributed by atoms with E-state index >= 15 is 0 Å². The highest BCUT2D eigenvalue weighted by Gasteiger charge is 2.15. The van der Waals surface area contributed by atoms with Gasteiger partial charge in [0.15, 0.2) is 0 Å². The zero-order chi connectivity index (χ0) is 13.7. The lowest BCUT2D eigenvalue weighted by Crippen LogP contribution is -2.34. The van der Waals surface area contributed by atoms with Crippen LogP contribution in [0.25, 0.3) is 0 Å². The van der Waals surface area contributed by atoms with Gasteiger partial charge in [-0.25, -0.2) is 4.39 Å². The fourth-order valence-electron chi connectivity index (χ4n) is 1.94. The van der Waals surface area contributed by atoms with E-state index in [0.717, 1.165) is 25.9 Å². The number of amides is 1. The third-order valence-electron chi connectivity index (χ3n) is 2.94. The maximum absolute atomic E-state index is 13.1. The minimum Gasteiger partial charge on any atom is -0.368 e. The SMILES string of the molecule is O=C(COC1CCNCC1)Nc1cc(F)ccc1Br. The first-order chi connectivity index (χ1) is 9.15. The summed E-state index contributed by atoms with van der Waals surface area (Å²) >= 11 is 3.26. The first kappa shape index (κ1) is 14.4. The van der Waals surface area contributed by atoms with Crippen molar-refractivity contribution in [1.29, 1.82) is 0 Å². The van der Waals surface area contributed by atoms with Crippen LogP contribution in [0.5, 0.6) is 0 Å². The maximum Gasteiger partial charge on any atom is 0.250 e. The minimum atomic E-state index is -0.391. The van der Waals surface area contributed by atoms with Gasteiger partial charge >= 0.3 is 0 Å². The van der Waals surface area contributed by atoms with Crippen LogP contribution in [0.3, 0.4) is 0 Å². The zero-order valence-electron chi connectivity index (χ0n) is 10.4. The van der Waals surface area contributed by atoms with Crippen LogP contribution in [-0.2, 0) is 9.53 Å². The molecule has 0 radical (unpaired) electrons. The van der Waals surface area contributed by atoms with Gasteiger partial charge in [0.25, 0.3) is 0 Å². The molecule has 19 heavy (non-hydrogen) atoms. The number of anilines is 1. The Morgan fingerprint density at radius 2 is 2.21 bits per heavy atom. The van der Waals surface area contributed by atoms with Crippen LogP contribution in [0.1, 0.15) is 12.8 Å². The van der Waals surface area contributed by atoms with Crippen molar-refractivity contribution < 1.29 is 13.9 Å². The van der Waals surface area contributed by atoms with Gasteiger partial charge in [-0.2, -0.15) is 0 Å². The first-order valence-corrected chi connectivity index (χ1v) is 7.01. The Bertz CT molecular complexity index is 450. The van der Waals surface area contributed by atoms with Crippen LogP contribution in [-0.4, -0.2) is 31.7 Å². The van der Waals surface area contributed by atoms with E-state index < -0.39 is 5.82 Å². The van der Waals surface area contributed by atoms with E-state index in [4.69, 9.17) is 4.74 Å². The van der Waals surface area contributed by atoms with Gasteiger partial charge in [-0.15, -0.1) is 0 Å². The van der Waals surface area contributed by atoms with Crippen molar-refractivity contribution in [3.63, 3.8) is 0 Å². The number of benzene rings is 1. The average molecular weight is 331 g/mol. The highest BCUT2D eigenvalue weighted by Crippen LogP contribution is 2.22. The van der Waals surface area contributed by atoms with E-state index in [0.29, 0.717) is 10.2 Å². The number of carbonyl (C=O) groups excluding carboxylic acids is 1. The monoisotopic (exact) mass is 330 g/mol. The molecule has 1 heterocycles. The van der Waals surface area contributed by atoms with Crippen LogP contribution in [0.15, 0.2) is 22.7 Å². The molecule has 1 aromatic rings. The van der Waals surface area contributed by atoms with Crippen LogP contribution in [0.2, 0.25) is 0 Å². The second-order valence-corrected chi connectivity index (χ2v) is 5.29. The summed E-state index contributed by atoms with van der Waals surface area (Å²) in [6.07, 6.45) is 1.95. The lowest BCUT2D eigenvalue weighted by molar-refractivity contribution is -0.123. The number of halogens is 2. The average Bonchev–Trinajstić information content (AvgIpc) is 2.42. The molecule has 1 aromatic carbocycles. The molecule has 0 aromatic heterocycles. The van der Waals surface area contributed by atoms with Gasteiger partial charge in [-0.05, 0) is 60.1 Å². The smallest absolute Gasteiger partial charge is 0.250 e. The van der Waals surface area contributed by atoms with Crippen LogP contribution in [0, 0.1) is 5.82 Å². The van der Waals surface area contributed by atoms with E-state index in [-0.39, 0.29) is 18.6 Å². The predicted molar refractivity (Wildman–Crippen MR) is 74.6 cm³/mol. The summed E-state index contributed by atoms with van der Waals surface area (Å²) in [4.78, 5) is 11.7. The quantitative estimate of drug-likeness (QED) is 0.890. The van der Waals surface area contributed by atoms with Gasteiger partial charge in [-0.3, -0.25) is 4.79 Å². The van der Waals surface area contributed by atoms with Crippen molar-refractivity contribution in [3.8, 4) is 0 Å². The van der Waals surface area contributed by atoms with E-state index in [2.05, 4.69) is 26.6 Å². The summed E-state index contributed by atoms with van der Waals surface area (Å²) in [6, 6.07) is 4.15. The maximum atomic E-state index is 13.1. The number of hydrogen-bond acceptors (Lipinski definition) is 3. The standard InChI is InChI=1S/C13H16BrFN2O2/c14-11-2-1-9(15)7-12(11)17-13(18)8-19-10-3-5-16-6-4-10/h1-2,7,10,16H,3-6,8H2,(H,17,18). The molecule has 0 saturated carbocycles. The van der Waals surface area contributed by atoms with Gasteiger partial charge in [0.2, 0.25) is 5.91 Å². The predicted octanol–water partition coefficient (Wildman–Crippen LogP) is 2.30. The number of ether oxygens (including phenoxy) is 1. The molecule has 1 amide bonds. The van der Waals surface area contributed by atoms with Crippen molar-refractivity contribution in [1.82, 2.24) is 5.32 Å². The highest BCUT2D eigenvalue weighted by atomic mass is 79.9. The molecule has 0 atom stereocenters. The fourth-order valence-corrected chi connectivity index (χ4v) is 2.28. The van der Waals surface area contributed by atoms with Crippen molar-refractivity contribution in [2.75, 3.05) is 25.0 Å².